The van der Waals surface area contributed by atoms with Crippen molar-refractivity contribution in [2.24, 2.45) is 16.3 Å². The highest BCUT2D eigenvalue weighted by atomic mass is 16.5. The summed E-state index contributed by atoms with van der Waals surface area (Å²) in [7, 11) is 0. The van der Waals surface area contributed by atoms with E-state index in [0.29, 0.717) is 11.3 Å². The molecule has 0 saturated heterocycles. The molecule has 0 fully saturated rings. The Morgan fingerprint density at radius 1 is 1.02 bits per heavy atom. The number of nitrogens with zero attached hydrogens (tertiary/aromatic N) is 3. The number of carbonyl (C=O) groups is 4. The van der Waals surface area contributed by atoms with Gasteiger partial charge in [0.25, 0.3) is 11.8 Å². The Morgan fingerprint density at radius 2 is 1.63 bits per heavy atom. The molecule has 2 atom stereocenters. The SMILES string of the molecule is CC(C)[C@H]1C(=O)N(CC(=O)N[C@@H](Cc2ccccc2)C(=O)C2=NC(C)(C)CO2)C(c2ccccc2)=CN1C(=O)C(C)(C)C. The summed E-state index contributed by atoms with van der Waals surface area (Å²) < 4.78 is 5.61. The van der Waals surface area contributed by atoms with E-state index in [4.69, 9.17) is 4.74 Å². The van der Waals surface area contributed by atoms with Crippen molar-refractivity contribution in [2.75, 3.05) is 13.2 Å². The average molecular weight is 587 g/mol. The van der Waals surface area contributed by atoms with Crippen molar-refractivity contribution in [1.29, 1.82) is 0 Å². The molecule has 2 aromatic rings. The Bertz CT molecular complexity index is 1420. The highest BCUT2D eigenvalue weighted by molar-refractivity contribution is 6.39. The van der Waals surface area contributed by atoms with Gasteiger partial charge in [0.2, 0.25) is 17.6 Å². The Balaban J connectivity index is 1.67. The molecule has 0 radical (unpaired) electrons. The molecule has 0 bridgehead atoms. The lowest BCUT2D eigenvalue weighted by molar-refractivity contribution is -0.149. The van der Waals surface area contributed by atoms with E-state index < -0.39 is 34.7 Å². The molecule has 228 valence electrons. The lowest BCUT2D eigenvalue weighted by Crippen LogP contribution is -2.58. The van der Waals surface area contributed by atoms with Crippen LogP contribution in [0.25, 0.3) is 5.70 Å². The maximum atomic E-state index is 14.1. The third kappa shape index (κ3) is 7.39. The molecule has 2 aromatic carbocycles. The predicted molar refractivity (Wildman–Crippen MR) is 166 cm³/mol. The molecule has 0 aromatic heterocycles. The fourth-order valence-corrected chi connectivity index (χ4v) is 5.16. The molecule has 0 spiro atoms. The fourth-order valence-electron chi connectivity index (χ4n) is 5.16. The minimum atomic E-state index is -0.952. The van der Waals surface area contributed by atoms with Gasteiger partial charge in [-0.1, -0.05) is 95.3 Å². The third-order valence-corrected chi connectivity index (χ3v) is 7.36. The lowest BCUT2D eigenvalue weighted by Gasteiger charge is -2.43. The fraction of sp³-hybridized carbons (Fsp3) is 0.441. The Hall–Kier alpha value is -4.27. The average Bonchev–Trinajstić information content (AvgIpc) is 3.32. The van der Waals surface area contributed by atoms with Gasteiger partial charge >= 0.3 is 0 Å². The van der Waals surface area contributed by atoms with E-state index in [1.165, 1.54) is 9.80 Å². The number of amides is 3. The Kier molecular flexibility index (Phi) is 9.23. The monoisotopic (exact) mass is 586 g/mol. The van der Waals surface area contributed by atoms with Crippen LogP contribution in [-0.2, 0) is 30.3 Å². The van der Waals surface area contributed by atoms with E-state index in [1.807, 2.05) is 109 Å². The van der Waals surface area contributed by atoms with Gasteiger partial charge in [-0.25, -0.2) is 4.99 Å². The number of hydrogen-bond donors (Lipinski definition) is 1. The quantitative estimate of drug-likeness (QED) is 0.473. The van der Waals surface area contributed by atoms with Crippen LogP contribution in [0.4, 0.5) is 0 Å². The maximum Gasteiger partial charge on any atom is 0.256 e. The number of hydrogen-bond acceptors (Lipinski definition) is 6. The van der Waals surface area contributed by atoms with Gasteiger partial charge < -0.3 is 15.0 Å². The number of rotatable bonds is 9. The van der Waals surface area contributed by atoms with Gasteiger partial charge in [0.05, 0.1) is 11.2 Å². The zero-order valence-electron chi connectivity index (χ0n) is 26.1. The van der Waals surface area contributed by atoms with Crippen molar-refractivity contribution >= 4 is 35.1 Å². The first-order valence-corrected chi connectivity index (χ1v) is 14.7. The first kappa shape index (κ1) is 31.7. The molecule has 1 N–H and O–H groups in total. The van der Waals surface area contributed by atoms with Crippen LogP contribution in [-0.4, -0.2) is 70.0 Å². The molecule has 2 aliphatic heterocycles. The van der Waals surface area contributed by atoms with Crippen LogP contribution in [0.2, 0.25) is 0 Å². The largest absolute Gasteiger partial charge is 0.473 e. The molecule has 2 aliphatic rings. The number of ether oxygens (including phenoxy) is 1. The van der Waals surface area contributed by atoms with Gasteiger partial charge in [-0.05, 0) is 30.9 Å². The first-order chi connectivity index (χ1) is 20.2. The van der Waals surface area contributed by atoms with E-state index in [9.17, 15) is 19.2 Å². The molecule has 9 heteroatoms. The molecule has 4 rings (SSSR count). The lowest BCUT2D eigenvalue weighted by atomic mass is 9.90. The maximum absolute atomic E-state index is 14.1. The Labute approximate surface area is 254 Å². The number of ketones is 1. The van der Waals surface area contributed by atoms with Crippen LogP contribution in [0.5, 0.6) is 0 Å². The smallest absolute Gasteiger partial charge is 0.256 e. The summed E-state index contributed by atoms with van der Waals surface area (Å²) in [5, 5.41) is 2.86. The van der Waals surface area contributed by atoms with E-state index >= 15 is 0 Å². The molecule has 0 unspecified atom stereocenters. The van der Waals surface area contributed by atoms with E-state index in [1.54, 1.807) is 6.20 Å². The molecular formula is C34H42N4O5. The number of carbonyl (C=O) groups excluding carboxylic acids is 4. The number of benzene rings is 2. The zero-order chi connectivity index (χ0) is 31.5. The molecule has 43 heavy (non-hydrogen) atoms. The van der Waals surface area contributed by atoms with Crippen molar-refractivity contribution in [1.82, 2.24) is 15.1 Å². The summed E-state index contributed by atoms with van der Waals surface area (Å²) in [4.78, 5) is 62.3. The molecule has 0 aliphatic carbocycles. The van der Waals surface area contributed by atoms with Crippen molar-refractivity contribution in [3.8, 4) is 0 Å². The van der Waals surface area contributed by atoms with Gasteiger partial charge in [0.1, 0.15) is 25.2 Å². The van der Waals surface area contributed by atoms with Crippen molar-refractivity contribution in [2.45, 2.75) is 72.5 Å². The topological polar surface area (TPSA) is 108 Å². The van der Waals surface area contributed by atoms with Gasteiger partial charge in [-0.2, -0.15) is 0 Å². The second kappa shape index (κ2) is 12.5. The molecule has 0 saturated carbocycles. The van der Waals surface area contributed by atoms with Crippen LogP contribution < -0.4 is 5.32 Å². The van der Waals surface area contributed by atoms with Crippen LogP contribution in [0.1, 0.15) is 59.6 Å². The van der Waals surface area contributed by atoms with Crippen molar-refractivity contribution in [3.63, 3.8) is 0 Å². The molecule has 2 heterocycles. The van der Waals surface area contributed by atoms with Crippen LogP contribution in [0, 0.1) is 11.3 Å². The number of Topliss-reactive ketones (excluding diaryl/α,β-unsaturated/α-hetero) is 1. The number of nitrogens with one attached hydrogen (secondary N) is 1. The Morgan fingerprint density at radius 3 is 2.16 bits per heavy atom. The molecular weight excluding hydrogens is 544 g/mol. The third-order valence-electron chi connectivity index (χ3n) is 7.36. The molecule has 9 nitrogen and oxygen atoms in total. The summed E-state index contributed by atoms with van der Waals surface area (Å²) in [5.74, 6) is -1.72. The predicted octanol–water partition coefficient (Wildman–Crippen LogP) is 4.23. The van der Waals surface area contributed by atoms with Crippen molar-refractivity contribution < 1.29 is 23.9 Å². The highest BCUT2D eigenvalue weighted by Gasteiger charge is 2.44. The summed E-state index contributed by atoms with van der Waals surface area (Å²) in [6.45, 7) is 12.9. The summed E-state index contributed by atoms with van der Waals surface area (Å²) in [5.41, 5.74) is 0.714. The van der Waals surface area contributed by atoms with E-state index in [2.05, 4.69) is 10.3 Å². The van der Waals surface area contributed by atoms with Gasteiger partial charge in [-0.3, -0.25) is 24.1 Å². The minimum absolute atomic E-state index is 0.0126. The van der Waals surface area contributed by atoms with E-state index in [-0.39, 0.29) is 43.2 Å². The number of aliphatic imine (C=N–C) groups is 1. The van der Waals surface area contributed by atoms with Crippen LogP contribution in [0.3, 0.4) is 0 Å². The minimum Gasteiger partial charge on any atom is -0.473 e. The van der Waals surface area contributed by atoms with Crippen LogP contribution >= 0.6 is 0 Å². The molecule has 3 amide bonds. The summed E-state index contributed by atoms with van der Waals surface area (Å²) in [6, 6.07) is 16.8. The standard InChI is InChI=1S/C34H42N4O5/c1-22(2)28-31(41)37(26(24-16-12-9-13-17-24)19-38(28)32(42)33(3,4)5)20-27(39)35-25(18-23-14-10-8-11-15-23)29(40)30-36-34(6,7)21-43-30/h8-17,19,22,25,28H,18,20-21H2,1-7H3,(H,35,39)/t25-,28-/m0/s1. The van der Waals surface area contributed by atoms with Gasteiger partial charge in [-0.15, -0.1) is 0 Å². The first-order valence-electron chi connectivity index (χ1n) is 14.7. The van der Waals surface area contributed by atoms with E-state index in [0.717, 1.165) is 5.56 Å². The van der Waals surface area contributed by atoms with Crippen molar-refractivity contribution in [3.05, 3.63) is 78.0 Å². The van der Waals surface area contributed by atoms with Gasteiger partial charge in [0.15, 0.2) is 0 Å². The second-order valence-electron chi connectivity index (χ2n) is 13.1. The van der Waals surface area contributed by atoms with Crippen LogP contribution in [0.15, 0.2) is 71.9 Å². The summed E-state index contributed by atoms with van der Waals surface area (Å²) >= 11 is 0. The zero-order valence-corrected chi connectivity index (χ0v) is 26.1. The highest BCUT2D eigenvalue weighted by Crippen LogP contribution is 2.33. The summed E-state index contributed by atoms with van der Waals surface area (Å²) in [6.07, 6.45) is 1.91. The van der Waals surface area contributed by atoms with Gasteiger partial charge in [0, 0.05) is 18.0 Å². The normalized spacial score (nSPS) is 19.0. The second-order valence-corrected chi connectivity index (χ2v) is 13.1.